The highest BCUT2D eigenvalue weighted by Gasteiger charge is 2.16. The SMILES string of the molecule is C[C@@H](NC(=O)N(C)Cc1ccccc1)C(=O)O. The second-order valence-corrected chi connectivity index (χ2v) is 3.85. The summed E-state index contributed by atoms with van der Waals surface area (Å²) in [7, 11) is 1.62. The molecular formula is C12H16N2O3. The van der Waals surface area contributed by atoms with Crippen molar-refractivity contribution in [1.29, 1.82) is 0 Å². The molecule has 5 nitrogen and oxygen atoms in total. The number of carboxylic acids is 1. The summed E-state index contributed by atoms with van der Waals surface area (Å²) in [5.74, 6) is -1.05. The summed E-state index contributed by atoms with van der Waals surface area (Å²) in [4.78, 5) is 23.6. The van der Waals surface area contributed by atoms with Gasteiger partial charge in [-0.25, -0.2) is 4.79 Å². The summed E-state index contributed by atoms with van der Waals surface area (Å²) in [6.07, 6.45) is 0. The largest absolute Gasteiger partial charge is 0.480 e. The van der Waals surface area contributed by atoms with Gasteiger partial charge >= 0.3 is 12.0 Å². The molecule has 0 fully saturated rings. The number of hydrogen-bond donors (Lipinski definition) is 2. The molecule has 0 saturated carbocycles. The van der Waals surface area contributed by atoms with Crippen LogP contribution < -0.4 is 5.32 Å². The predicted octanol–water partition coefficient (Wildman–Crippen LogP) is 1.30. The third-order valence-electron chi connectivity index (χ3n) is 2.32. The maximum atomic E-state index is 11.6. The average molecular weight is 236 g/mol. The van der Waals surface area contributed by atoms with Crippen LogP contribution in [0.25, 0.3) is 0 Å². The number of hydrogen-bond acceptors (Lipinski definition) is 2. The fraction of sp³-hybridized carbons (Fsp3) is 0.333. The fourth-order valence-corrected chi connectivity index (χ4v) is 1.29. The molecule has 0 saturated heterocycles. The Morgan fingerprint density at radius 2 is 1.94 bits per heavy atom. The van der Waals surface area contributed by atoms with Crippen LogP contribution in [0.3, 0.4) is 0 Å². The first kappa shape index (κ1) is 13.0. The van der Waals surface area contributed by atoms with Crippen LogP contribution in [0, 0.1) is 0 Å². The van der Waals surface area contributed by atoms with Crippen molar-refractivity contribution >= 4 is 12.0 Å². The lowest BCUT2D eigenvalue weighted by Crippen LogP contribution is -2.44. The Hall–Kier alpha value is -2.04. The Bertz CT molecular complexity index is 392. The summed E-state index contributed by atoms with van der Waals surface area (Å²) in [6, 6.07) is 8.21. The van der Waals surface area contributed by atoms with Crippen LogP contribution in [-0.2, 0) is 11.3 Å². The van der Waals surface area contributed by atoms with Crippen molar-refractivity contribution in [2.24, 2.45) is 0 Å². The molecule has 2 N–H and O–H groups in total. The summed E-state index contributed by atoms with van der Waals surface area (Å²) < 4.78 is 0. The molecule has 5 heteroatoms. The number of benzene rings is 1. The van der Waals surface area contributed by atoms with Gasteiger partial charge in [0.15, 0.2) is 0 Å². The molecule has 17 heavy (non-hydrogen) atoms. The van der Waals surface area contributed by atoms with Gasteiger partial charge in [0.1, 0.15) is 6.04 Å². The highest BCUT2D eigenvalue weighted by molar-refractivity contribution is 5.82. The molecule has 0 radical (unpaired) electrons. The Balaban J connectivity index is 2.50. The summed E-state index contributed by atoms with van der Waals surface area (Å²) in [5, 5.41) is 11.1. The highest BCUT2D eigenvalue weighted by Crippen LogP contribution is 2.02. The van der Waals surface area contributed by atoms with Crippen LogP contribution in [0.1, 0.15) is 12.5 Å². The van der Waals surface area contributed by atoms with Gasteiger partial charge in [0, 0.05) is 13.6 Å². The molecule has 1 rings (SSSR count). The van der Waals surface area contributed by atoms with E-state index >= 15 is 0 Å². The van der Waals surface area contributed by atoms with Crippen molar-refractivity contribution < 1.29 is 14.7 Å². The maximum absolute atomic E-state index is 11.6. The zero-order valence-corrected chi connectivity index (χ0v) is 9.88. The monoisotopic (exact) mass is 236 g/mol. The normalized spacial score (nSPS) is 11.6. The molecule has 0 spiro atoms. The quantitative estimate of drug-likeness (QED) is 0.827. The smallest absolute Gasteiger partial charge is 0.325 e. The van der Waals surface area contributed by atoms with Crippen molar-refractivity contribution in [3.8, 4) is 0 Å². The van der Waals surface area contributed by atoms with E-state index in [-0.39, 0.29) is 0 Å². The Labute approximate surface area is 100 Å². The van der Waals surface area contributed by atoms with Crippen LogP contribution in [0.2, 0.25) is 0 Å². The first-order valence-electron chi connectivity index (χ1n) is 5.29. The Kier molecular flexibility index (Phi) is 4.51. The minimum atomic E-state index is -1.05. The second kappa shape index (κ2) is 5.89. The van der Waals surface area contributed by atoms with Crippen LogP contribution in [0.4, 0.5) is 4.79 Å². The first-order valence-corrected chi connectivity index (χ1v) is 5.29. The van der Waals surface area contributed by atoms with E-state index in [1.807, 2.05) is 30.3 Å². The van der Waals surface area contributed by atoms with Gasteiger partial charge in [-0.05, 0) is 12.5 Å². The Morgan fingerprint density at radius 3 is 2.47 bits per heavy atom. The van der Waals surface area contributed by atoms with Gasteiger partial charge in [-0.2, -0.15) is 0 Å². The lowest BCUT2D eigenvalue weighted by Gasteiger charge is -2.19. The van der Waals surface area contributed by atoms with Crippen LogP contribution in [-0.4, -0.2) is 35.1 Å². The van der Waals surface area contributed by atoms with Gasteiger partial charge in [0.05, 0.1) is 0 Å². The van der Waals surface area contributed by atoms with Gasteiger partial charge in [-0.3, -0.25) is 4.79 Å². The zero-order valence-electron chi connectivity index (χ0n) is 9.88. The molecule has 0 aromatic heterocycles. The summed E-state index contributed by atoms with van der Waals surface area (Å²) >= 11 is 0. The number of carboxylic acid groups (broad SMARTS) is 1. The van der Waals surface area contributed by atoms with E-state index in [0.717, 1.165) is 5.56 Å². The number of carbonyl (C=O) groups excluding carboxylic acids is 1. The van der Waals surface area contributed by atoms with E-state index in [1.165, 1.54) is 11.8 Å². The summed E-state index contributed by atoms with van der Waals surface area (Å²) in [5.41, 5.74) is 0.994. The fourth-order valence-electron chi connectivity index (χ4n) is 1.29. The van der Waals surface area contributed by atoms with Gasteiger partial charge in [-0.1, -0.05) is 30.3 Å². The number of nitrogens with zero attached hydrogens (tertiary/aromatic N) is 1. The van der Waals surface area contributed by atoms with Crippen molar-refractivity contribution in [2.45, 2.75) is 19.5 Å². The molecule has 0 unspecified atom stereocenters. The minimum absolute atomic E-state index is 0.399. The first-order chi connectivity index (χ1) is 8.00. The topological polar surface area (TPSA) is 69.6 Å². The average Bonchev–Trinajstić information content (AvgIpc) is 2.29. The third-order valence-corrected chi connectivity index (χ3v) is 2.32. The molecule has 2 amide bonds. The third kappa shape index (κ3) is 4.14. The molecule has 0 bridgehead atoms. The van der Waals surface area contributed by atoms with Crippen molar-refractivity contribution in [1.82, 2.24) is 10.2 Å². The number of urea groups is 1. The molecule has 0 aliphatic carbocycles. The minimum Gasteiger partial charge on any atom is -0.480 e. The molecular weight excluding hydrogens is 220 g/mol. The number of aliphatic carboxylic acids is 1. The van der Waals surface area contributed by atoms with Crippen LogP contribution in [0.5, 0.6) is 0 Å². The number of rotatable bonds is 4. The number of carbonyl (C=O) groups is 2. The lowest BCUT2D eigenvalue weighted by atomic mass is 10.2. The van der Waals surface area contributed by atoms with E-state index in [1.54, 1.807) is 7.05 Å². The van der Waals surface area contributed by atoms with Gasteiger partial charge in [-0.15, -0.1) is 0 Å². The van der Waals surface area contributed by atoms with E-state index in [2.05, 4.69) is 5.32 Å². The molecule has 1 aromatic carbocycles. The van der Waals surface area contributed by atoms with Gasteiger partial charge in [0.2, 0.25) is 0 Å². The summed E-state index contributed by atoms with van der Waals surface area (Å²) in [6.45, 7) is 1.87. The van der Waals surface area contributed by atoms with Crippen molar-refractivity contribution in [3.05, 3.63) is 35.9 Å². The molecule has 0 aliphatic heterocycles. The number of nitrogens with one attached hydrogen (secondary N) is 1. The molecule has 1 atom stereocenters. The highest BCUT2D eigenvalue weighted by atomic mass is 16.4. The van der Waals surface area contributed by atoms with Crippen LogP contribution >= 0.6 is 0 Å². The van der Waals surface area contributed by atoms with E-state index in [4.69, 9.17) is 5.11 Å². The van der Waals surface area contributed by atoms with E-state index in [9.17, 15) is 9.59 Å². The molecule has 0 heterocycles. The molecule has 92 valence electrons. The Morgan fingerprint density at radius 1 is 1.35 bits per heavy atom. The van der Waals surface area contributed by atoms with E-state index in [0.29, 0.717) is 6.54 Å². The number of amides is 2. The second-order valence-electron chi connectivity index (χ2n) is 3.85. The van der Waals surface area contributed by atoms with Gasteiger partial charge < -0.3 is 15.3 Å². The predicted molar refractivity (Wildman–Crippen MR) is 63.5 cm³/mol. The molecule has 0 aliphatic rings. The lowest BCUT2D eigenvalue weighted by molar-refractivity contribution is -0.138. The van der Waals surface area contributed by atoms with Crippen molar-refractivity contribution in [3.63, 3.8) is 0 Å². The van der Waals surface area contributed by atoms with Crippen molar-refractivity contribution in [2.75, 3.05) is 7.05 Å². The maximum Gasteiger partial charge on any atom is 0.325 e. The molecule has 1 aromatic rings. The van der Waals surface area contributed by atoms with Crippen LogP contribution in [0.15, 0.2) is 30.3 Å². The van der Waals surface area contributed by atoms with Gasteiger partial charge in [0.25, 0.3) is 0 Å². The zero-order chi connectivity index (χ0) is 12.8. The standard InChI is InChI=1S/C12H16N2O3/c1-9(11(15)16)13-12(17)14(2)8-10-6-4-3-5-7-10/h3-7,9H,8H2,1-2H3,(H,13,17)(H,15,16)/t9-/m1/s1. The van der Waals surface area contributed by atoms with E-state index < -0.39 is 18.0 Å².